The summed E-state index contributed by atoms with van der Waals surface area (Å²) in [6.07, 6.45) is -0.477. The van der Waals surface area contributed by atoms with E-state index in [2.05, 4.69) is 0 Å². The van der Waals surface area contributed by atoms with E-state index in [-0.39, 0.29) is 17.7 Å². The fourth-order valence-corrected chi connectivity index (χ4v) is 2.20. The largest absolute Gasteiger partial charge is 0.481 e. The maximum absolute atomic E-state index is 12.4. The first-order valence-corrected chi connectivity index (χ1v) is 6.70. The van der Waals surface area contributed by atoms with Crippen molar-refractivity contribution >= 4 is 29.1 Å². The van der Waals surface area contributed by atoms with Crippen molar-refractivity contribution in [1.29, 1.82) is 0 Å². The Hall–Kier alpha value is -2.63. The van der Waals surface area contributed by atoms with Crippen molar-refractivity contribution in [2.24, 2.45) is 0 Å². The number of carbonyl (C=O) groups excluding carboxylic acids is 3. The van der Waals surface area contributed by atoms with Gasteiger partial charge in [0.15, 0.2) is 6.29 Å². The first-order chi connectivity index (χ1) is 10.3. The van der Waals surface area contributed by atoms with Crippen LogP contribution < -0.4 is 4.74 Å². The molecule has 0 spiro atoms. The highest BCUT2D eigenvalue weighted by Crippen LogP contribution is 2.32. The SMILES string of the molecule is COc1c(C(=O)C=O)c2ccccc2n1C(=O)OC(C)(C)C. The predicted octanol–water partition coefficient (Wildman–Crippen LogP) is 2.81. The molecule has 0 saturated heterocycles. The van der Waals surface area contributed by atoms with E-state index in [4.69, 9.17) is 9.47 Å². The van der Waals surface area contributed by atoms with Crippen LogP contribution in [0.5, 0.6) is 5.88 Å². The Morgan fingerprint density at radius 1 is 1.18 bits per heavy atom. The van der Waals surface area contributed by atoms with Gasteiger partial charge in [-0.25, -0.2) is 9.36 Å². The lowest BCUT2D eigenvalue weighted by atomic mass is 10.1. The molecule has 0 saturated carbocycles. The monoisotopic (exact) mass is 303 g/mol. The summed E-state index contributed by atoms with van der Waals surface area (Å²) in [7, 11) is 1.33. The number of ketones is 1. The average Bonchev–Trinajstić information content (AvgIpc) is 2.78. The quantitative estimate of drug-likeness (QED) is 0.495. The molecule has 0 aliphatic heterocycles. The third-order valence-electron chi connectivity index (χ3n) is 2.95. The number of ether oxygens (including phenoxy) is 2. The van der Waals surface area contributed by atoms with Gasteiger partial charge in [0.05, 0.1) is 18.2 Å². The Labute approximate surface area is 127 Å². The van der Waals surface area contributed by atoms with Gasteiger partial charge in [-0.05, 0) is 26.8 Å². The van der Waals surface area contributed by atoms with Crippen LogP contribution in [0.4, 0.5) is 4.79 Å². The highest BCUT2D eigenvalue weighted by Gasteiger charge is 2.28. The minimum atomic E-state index is -0.754. The van der Waals surface area contributed by atoms with Crippen molar-refractivity contribution in [2.75, 3.05) is 7.11 Å². The van der Waals surface area contributed by atoms with Crippen LogP contribution in [0.2, 0.25) is 0 Å². The highest BCUT2D eigenvalue weighted by atomic mass is 16.6. The second kappa shape index (κ2) is 5.63. The Balaban J connectivity index is 2.75. The van der Waals surface area contributed by atoms with Gasteiger partial charge in [-0.2, -0.15) is 0 Å². The van der Waals surface area contributed by atoms with Crippen LogP contribution in [0.3, 0.4) is 0 Å². The van der Waals surface area contributed by atoms with Gasteiger partial charge in [0.1, 0.15) is 5.60 Å². The molecule has 0 N–H and O–H groups in total. The maximum Gasteiger partial charge on any atom is 0.421 e. The fourth-order valence-electron chi connectivity index (χ4n) is 2.20. The van der Waals surface area contributed by atoms with Gasteiger partial charge in [0, 0.05) is 5.39 Å². The second-order valence-electron chi connectivity index (χ2n) is 5.70. The van der Waals surface area contributed by atoms with Gasteiger partial charge in [-0.1, -0.05) is 18.2 Å². The number of hydrogen-bond acceptors (Lipinski definition) is 5. The number of aromatic nitrogens is 1. The Morgan fingerprint density at radius 2 is 1.82 bits per heavy atom. The highest BCUT2D eigenvalue weighted by molar-refractivity contribution is 6.37. The smallest absolute Gasteiger partial charge is 0.421 e. The molecular formula is C16H17NO5. The molecule has 0 aliphatic rings. The van der Waals surface area contributed by atoms with Crippen LogP contribution in [0.25, 0.3) is 10.9 Å². The number of para-hydroxylation sites is 1. The van der Waals surface area contributed by atoms with Crippen molar-refractivity contribution in [3.05, 3.63) is 29.8 Å². The van der Waals surface area contributed by atoms with E-state index in [0.717, 1.165) is 4.57 Å². The molecule has 0 atom stereocenters. The summed E-state index contributed by atoms with van der Waals surface area (Å²) < 4.78 is 11.7. The summed E-state index contributed by atoms with van der Waals surface area (Å²) in [5.74, 6) is -0.761. The second-order valence-corrected chi connectivity index (χ2v) is 5.70. The molecule has 6 nitrogen and oxygen atoms in total. The standard InChI is InChI=1S/C16H17NO5/c1-16(2,3)22-15(20)17-11-8-6-5-7-10(11)13(12(19)9-18)14(17)21-4/h5-9H,1-4H3. The molecular weight excluding hydrogens is 286 g/mol. The fraction of sp³-hybridized carbons (Fsp3) is 0.312. The zero-order chi connectivity index (χ0) is 16.5. The summed E-state index contributed by atoms with van der Waals surface area (Å²) in [5.41, 5.74) is -0.208. The lowest BCUT2D eigenvalue weighted by molar-refractivity contribution is -0.104. The molecule has 22 heavy (non-hydrogen) atoms. The van der Waals surface area contributed by atoms with E-state index < -0.39 is 17.5 Å². The summed E-state index contributed by atoms with van der Waals surface area (Å²) >= 11 is 0. The number of fused-ring (bicyclic) bond motifs is 1. The first-order valence-electron chi connectivity index (χ1n) is 6.70. The molecule has 0 fully saturated rings. The first kappa shape index (κ1) is 15.8. The predicted molar refractivity (Wildman–Crippen MR) is 80.5 cm³/mol. The number of Topliss-reactive ketones (excluding diaryl/α,β-unsaturated/α-hetero) is 1. The van der Waals surface area contributed by atoms with Crippen molar-refractivity contribution in [3.8, 4) is 5.88 Å². The molecule has 0 amide bonds. The summed E-state index contributed by atoms with van der Waals surface area (Å²) in [5, 5.41) is 0.460. The van der Waals surface area contributed by atoms with Crippen LogP contribution in [0, 0.1) is 0 Å². The van der Waals surface area contributed by atoms with Crippen LogP contribution in [0.1, 0.15) is 31.1 Å². The maximum atomic E-state index is 12.4. The van der Waals surface area contributed by atoms with Gasteiger partial charge < -0.3 is 9.47 Å². The average molecular weight is 303 g/mol. The minimum Gasteiger partial charge on any atom is -0.481 e. The summed E-state index contributed by atoms with van der Waals surface area (Å²) in [6.45, 7) is 5.21. The van der Waals surface area contributed by atoms with E-state index in [1.807, 2.05) is 0 Å². The molecule has 0 radical (unpaired) electrons. The Bertz CT molecular complexity index is 752. The van der Waals surface area contributed by atoms with E-state index >= 15 is 0 Å². The third-order valence-corrected chi connectivity index (χ3v) is 2.95. The van der Waals surface area contributed by atoms with Crippen molar-refractivity contribution < 1.29 is 23.9 Å². The number of carbonyl (C=O) groups is 3. The molecule has 6 heteroatoms. The number of hydrogen-bond donors (Lipinski definition) is 0. The Kier molecular flexibility index (Phi) is 4.03. The van der Waals surface area contributed by atoms with Gasteiger partial charge in [-0.3, -0.25) is 9.59 Å². The number of aldehydes is 1. The van der Waals surface area contributed by atoms with Gasteiger partial charge in [-0.15, -0.1) is 0 Å². The van der Waals surface area contributed by atoms with Crippen LogP contribution in [-0.4, -0.2) is 35.4 Å². The third kappa shape index (κ3) is 2.72. The van der Waals surface area contributed by atoms with E-state index in [1.165, 1.54) is 7.11 Å². The van der Waals surface area contributed by atoms with Gasteiger partial charge in [0.25, 0.3) is 0 Å². The molecule has 116 valence electrons. The van der Waals surface area contributed by atoms with Crippen molar-refractivity contribution in [3.63, 3.8) is 0 Å². The van der Waals surface area contributed by atoms with Crippen molar-refractivity contribution in [2.45, 2.75) is 26.4 Å². The van der Waals surface area contributed by atoms with Crippen molar-refractivity contribution in [1.82, 2.24) is 4.57 Å². The molecule has 2 aromatic rings. The molecule has 1 aromatic carbocycles. The van der Waals surface area contributed by atoms with Gasteiger partial charge >= 0.3 is 6.09 Å². The zero-order valence-electron chi connectivity index (χ0n) is 12.9. The molecule has 1 aromatic heterocycles. The number of rotatable bonds is 3. The van der Waals surface area contributed by atoms with Gasteiger partial charge in [0.2, 0.25) is 11.7 Å². The lowest BCUT2D eigenvalue weighted by Gasteiger charge is -2.20. The number of methoxy groups -OCH3 is 1. The summed E-state index contributed by atoms with van der Waals surface area (Å²) in [6, 6.07) is 6.74. The van der Waals surface area contributed by atoms with Crippen LogP contribution in [0.15, 0.2) is 24.3 Å². The topological polar surface area (TPSA) is 74.6 Å². The summed E-state index contributed by atoms with van der Waals surface area (Å²) in [4.78, 5) is 35.2. The van der Waals surface area contributed by atoms with E-state index in [9.17, 15) is 14.4 Å². The Morgan fingerprint density at radius 3 is 2.36 bits per heavy atom. The van der Waals surface area contributed by atoms with Crippen LogP contribution in [-0.2, 0) is 9.53 Å². The van der Waals surface area contributed by atoms with Crippen LogP contribution >= 0.6 is 0 Å². The van der Waals surface area contributed by atoms with E-state index in [1.54, 1.807) is 45.0 Å². The molecule has 0 bridgehead atoms. The number of benzene rings is 1. The number of nitrogens with zero attached hydrogens (tertiary/aromatic N) is 1. The zero-order valence-corrected chi connectivity index (χ0v) is 12.9. The molecule has 0 aliphatic carbocycles. The lowest BCUT2D eigenvalue weighted by Crippen LogP contribution is -2.27. The molecule has 1 heterocycles. The van der Waals surface area contributed by atoms with E-state index in [0.29, 0.717) is 10.9 Å². The molecule has 2 rings (SSSR count). The minimum absolute atomic E-state index is 0.00690. The normalized spacial score (nSPS) is 11.3. The molecule has 0 unspecified atom stereocenters.